The molecule has 35 heavy (non-hydrogen) atoms. The molecule has 7 heteroatoms. The Kier molecular flexibility index (Phi) is 10.5. The van der Waals surface area contributed by atoms with Gasteiger partial charge < -0.3 is 26.3 Å². The van der Waals surface area contributed by atoms with E-state index in [2.05, 4.69) is 10.6 Å². The van der Waals surface area contributed by atoms with E-state index >= 15 is 0 Å². The van der Waals surface area contributed by atoms with Crippen molar-refractivity contribution in [3.63, 3.8) is 0 Å². The minimum absolute atomic E-state index is 0.106. The lowest BCUT2D eigenvalue weighted by Gasteiger charge is -2.17. The molecule has 0 aliphatic heterocycles. The van der Waals surface area contributed by atoms with E-state index in [9.17, 15) is 19.8 Å². The Balaban J connectivity index is 0.00000210. The van der Waals surface area contributed by atoms with Crippen molar-refractivity contribution < 1.29 is 19.8 Å². The van der Waals surface area contributed by atoms with Gasteiger partial charge in [0.15, 0.2) is 11.5 Å². The first-order valence-electron chi connectivity index (χ1n) is 11.6. The SMILES string of the molecule is CC.CC(=N)c1ccc(NC(=O)C(CCc2ccccc2)C(=O)NCc2ccc(O)c(O)c2)cc1. The van der Waals surface area contributed by atoms with Crippen LogP contribution in [0.3, 0.4) is 0 Å². The minimum Gasteiger partial charge on any atom is -0.504 e. The van der Waals surface area contributed by atoms with Crippen molar-refractivity contribution in [3.8, 4) is 11.5 Å². The molecule has 7 nitrogen and oxygen atoms in total. The standard InChI is InChI=1S/C26H27N3O4.C2H6/c1-17(27)20-9-11-21(12-10-20)29-26(33)22(13-7-18-5-3-2-4-6-18)25(32)28-16-19-8-14-23(30)24(31)15-19;1-2/h2-6,8-12,14-15,22,27,30-31H,7,13,16H2,1H3,(H,28,32)(H,29,33);1-2H3. The molecule has 0 aliphatic rings. The van der Waals surface area contributed by atoms with Gasteiger partial charge in [0, 0.05) is 17.9 Å². The third kappa shape index (κ3) is 8.30. The van der Waals surface area contributed by atoms with Crippen LogP contribution in [0.5, 0.6) is 11.5 Å². The molecule has 3 rings (SSSR count). The number of carbonyl (C=O) groups is 2. The van der Waals surface area contributed by atoms with Gasteiger partial charge in [-0.15, -0.1) is 0 Å². The third-order valence-electron chi connectivity index (χ3n) is 5.29. The normalized spacial score (nSPS) is 10.9. The quantitative estimate of drug-likeness (QED) is 0.169. The van der Waals surface area contributed by atoms with E-state index in [1.807, 2.05) is 44.2 Å². The van der Waals surface area contributed by atoms with Gasteiger partial charge >= 0.3 is 0 Å². The van der Waals surface area contributed by atoms with Gasteiger partial charge in [-0.05, 0) is 60.7 Å². The molecule has 3 aromatic rings. The fourth-order valence-corrected chi connectivity index (χ4v) is 3.36. The summed E-state index contributed by atoms with van der Waals surface area (Å²) in [6.45, 7) is 5.79. The molecule has 2 amide bonds. The van der Waals surface area contributed by atoms with Gasteiger partial charge in [0.2, 0.25) is 11.8 Å². The molecule has 0 heterocycles. The summed E-state index contributed by atoms with van der Waals surface area (Å²) >= 11 is 0. The van der Waals surface area contributed by atoms with Crippen molar-refractivity contribution >= 4 is 23.2 Å². The lowest BCUT2D eigenvalue weighted by atomic mass is 9.97. The highest BCUT2D eigenvalue weighted by molar-refractivity contribution is 6.06. The minimum atomic E-state index is -0.930. The van der Waals surface area contributed by atoms with Crippen molar-refractivity contribution in [2.45, 2.75) is 40.2 Å². The maximum atomic E-state index is 13.0. The van der Waals surface area contributed by atoms with E-state index < -0.39 is 17.7 Å². The molecule has 0 aliphatic carbocycles. The summed E-state index contributed by atoms with van der Waals surface area (Å²) in [7, 11) is 0. The van der Waals surface area contributed by atoms with E-state index in [1.165, 1.54) is 12.1 Å². The predicted octanol–water partition coefficient (Wildman–Crippen LogP) is 5.02. The molecule has 0 fully saturated rings. The number of amides is 2. The fourth-order valence-electron chi connectivity index (χ4n) is 3.36. The third-order valence-corrected chi connectivity index (χ3v) is 5.29. The summed E-state index contributed by atoms with van der Waals surface area (Å²) < 4.78 is 0. The topological polar surface area (TPSA) is 123 Å². The smallest absolute Gasteiger partial charge is 0.236 e. The number of aryl methyl sites for hydroxylation is 1. The Morgan fingerprint density at radius 1 is 0.857 bits per heavy atom. The Hall–Kier alpha value is -4.13. The zero-order chi connectivity index (χ0) is 25.8. The molecule has 0 aromatic heterocycles. The van der Waals surface area contributed by atoms with Crippen LogP contribution in [0.4, 0.5) is 5.69 Å². The van der Waals surface area contributed by atoms with Crippen LogP contribution in [-0.4, -0.2) is 27.7 Å². The van der Waals surface area contributed by atoms with Gasteiger partial charge in [0.1, 0.15) is 5.92 Å². The highest BCUT2D eigenvalue weighted by Crippen LogP contribution is 2.25. The Morgan fingerprint density at radius 3 is 2.11 bits per heavy atom. The average molecular weight is 476 g/mol. The number of phenols is 2. The van der Waals surface area contributed by atoms with Gasteiger partial charge in [-0.25, -0.2) is 0 Å². The first-order valence-corrected chi connectivity index (χ1v) is 11.6. The van der Waals surface area contributed by atoms with Gasteiger partial charge in [-0.3, -0.25) is 9.59 Å². The molecule has 3 aromatic carbocycles. The van der Waals surface area contributed by atoms with Crippen LogP contribution < -0.4 is 10.6 Å². The zero-order valence-corrected chi connectivity index (χ0v) is 20.3. The Labute approximate surface area is 206 Å². The number of carbonyl (C=O) groups excluding carboxylic acids is 2. The summed E-state index contributed by atoms with van der Waals surface area (Å²) in [5, 5.41) is 32.3. The van der Waals surface area contributed by atoms with E-state index in [1.54, 1.807) is 37.3 Å². The van der Waals surface area contributed by atoms with Gasteiger partial charge in [-0.2, -0.15) is 0 Å². The molecular formula is C28H33N3O4. The number of anilines is 1. The van der Waals surface area contributed by atoms with Crippen LogP contribution in [0.2, 0.25) is 0 Å². The van der Waals surface area contributed by atoms with Crippen LogP contribution in [0.1, 0.15) is 43.9 Å². The number of aromatic hydroxyl groups is 2. The summed E-state index contributed by atoms with van der Waals surface area (Å²) in [6, 6.07) is 20.8. The second-order valence-electron chi connectivity index (χ2n) is 7.81. The van der Waals surface area contributed by atoms with Crippen LogP contribution in [0, 0.1) is 11.3 Å². The first-order chi connectivity index (χ1) is 16.8. The van der Waals surface area contributed by atoms with Crippen LogP contribution in [-0.2, 0) is 22.6 Å². The number of benzene rings is 3. The van der Waals surface area contributed by atoms with Crippen LogP contribution in [0.15, 0.2) is 72.8 Å². The van der Waals surface area contributed by atoms with Crippen molar-refractivity contribution in [2.75, 3.05) is 5.32 Å². The largest absolute Gasteiger partial charge is 0.504 e. The van der Waals surface area contributed by atoms with Gasteiger partial charge in [0.25, 0.3) is 0 Å². The van der Waals surface area contributed by atoms with Gasteiger partial charge in [0.05, 0.1) is 0 Å². The Morgan fingerprint density at radius 2 is 1.51 bits per heavy atom. The monoisotopic (exact) mass is 475 g/mol. The number of nitrogens with one attached hydrogen (secondary N) is 3. The lowest BCUT2D eigenvalue weighted by Crippen LogP contribution is -2.38. The number of rotatable bonds is 9. The highest BCUT2D eigenvalue weighted by Gasteiger charge is 2.26. The van der Waals surface area contributed by atoms with Crippen LogP contribution in [0.25, 0.3) is 0 Å². The molecule has 0 bridgehead atoms. The van der Waals surface area contributed by atoms with E-state index in [4.69, 9.17) is 5.41 Å². The number of hydrogen-bond acceptors (Lipinski definition) is 5. The summed E-state index contributed by atoms with van der Waals surface area (Å²) in [4.78, 5) is 26.0. The molecule has 1 unspecified atom stereocenters. The van der Waals surface area contributed by atoms with Gasteiger partial charge in [-0.1, -0.05) is 62.4 Å². The zero-order valence-electron chi connectivity index (χ0n) is 20.3. The Bertz CT molecular complexity index is 1130. The first kappa shape index (κ1) is 27.1. The molecular weight excluding hydrogens is 442 g/mol. The molecule has 184 valence electrons. The molecule has 0 saturated carbocycles. The average Bonchev–Trinajstić information content (AvgIpc) is 2.87. The number of hydrogen-bond donors (Lipinski definition) is 5. The second kappa shape index (κ2) is 13.5. The molecule has 0 radical (unpaired) electrons. The van der Waals surface area contributed by atoms with Crippen molar-refractivity contribution in [1.29, 1.82) is 5.41 Å². The van der Waals surface area contributed by atoms with Crippen LogP contribution >= 0.6 is 0 Å². The second-order valence-corrected chi connectivity index (χ2v) is 7.81. The maximum Gasteiger partial charge on any atom is 0.236 e. The lowest BCUT2D eigenvalue weighted by molar-refractivity contribution is -0.132. The fraction of sp³-hybridized carbons (Fsp3) is 0.250. The van der Waals surface area contributed by atoms with Crippen molar-refractivity contribution in [3.05, 3.63) is 89.5 Å². The molecule has 0 saturated heterocycles. The summed E-state index contributed by atoms with van der Waals surface area (Å²) in [6.07, 6.45) is 0.873. The predicted molar refractivity (Wildman–Crippen MR) is 139 cm³/mol. The molecule has 1 atom stereocenters. The molecule has 0 spiro atoms. The number of phenolic OH excluding ortho intramolecular Hbond substituents is 2. The van der Waals surface area contributed by atoms with Crippen molar-refractivity contribution in [1.82, 2.24) is 5.32 Å². The van der Waals surface area contributed by atoms with E-state index in [0.717, 1.165) is 11.1 Å². The summed E-state index contributed by atoms with van der Waals surface area (Å²) in [5.74, 6) is -2.29. The van der Waals surface area contributed by atoms with E-state index in [0.29, 0.717) is 29.8 Å². The van der Waals surface area contributed by atoms with Crippen molar-refractivity contribution in [2.24, 2.45) is 5.92 Å². The van der Waals surface area contributed by atoms with E-state index in [-0.39, 0.29) is 18.0 Å². The molecule has 5 N–H and O–H groups in total. The maximum absolute atomic E-state index is 13.0. The summed E-state index contributed by atoms with van der Waals surface area (Å²) in [5.41, 5.74) is 3.35. The highest BCUT2D eigenvalue weighted by atomic mass is 16.3.